The van der Waals surface area contributed by atoms with Crippen molar-refractivity contribution >= 4 is 34.7 Å². The summed E-state index contributed by atoms with van der Waals surface area (Å²) in [5.41, 5.74) is 1.20. The number of aromatic nitrogens is 5. The minimum atomic E-state index is -0.280. The molecule has 1 fully saturated rings. The molecule has 172 valence electrons. The molecule has 4 aromatic rings. The Morgan fingerprint density at radius 2 is 1.94 bits per heavy atom. The van der Waals surface area contributed by atoms with Crippen molar-refractivity contribution in [2.45, 2.75) is 18.9 Å². The zero-order valence-corrected chi connectivity index (χ0v) is 19.1. The number of amides is 1. The Morgan fingerprint density at radius 3 is 2.76 bits per heavy atom. The standard InChI is InChI=1S/C23H21ClN8O2/c1-29-13-27-19-17(22(29)33)21(26-12-25-19)30-10-5-8-16(30)20-28-31-11-9-15(24)18(31)23(34)32(20)14-6-3-2-4-7-14/h2-4,6-7,9,11-12,16H,5,8,10,13H2,1H3,(H,25,26,27)/t16-/m0/s1. The third-order valence-electron chi connectivity index (χ3n) is 6.37. The maximum Gasteiger partial charge on any atom is 0.284 e. The van der Waals surface area contributed by atoms with Crippen molar-refractivity contribution in [1.29, 1.82) is 0 Å². The quantitative estimate of drug-likeness (QED) is 0.485. The summed E-state index contributed by atoms with van der Waals surface area (Å²) in [4.78, 5) is 39.1. The van der Waals surface area contributed by atoms with Crippen LogP contribution in [-0.4, -0.2) is 55.2 Å². The van der Waals surface area contributed by atoms with Crippen LogP contribution in [0.2, 0.25) is 5.02 Å². The van der Waals surface area contributed by atoms with Crippen LogP contribution >= 0.6 is 11.6 Å². The maximum atomic E-state index is 13.7. The van der Waals surface area contributed by atoms with Crippen LogP contribution in [0, 0.1) is 0 Å². The Balaban J connectivity index is 1.56. The molecule has 0 saturated carbocycles. The van der Waals surface area contributed by atoms with Gasteiger partial charge in [-0.05, 0) is 31.0 Å². The number of nitrogens with zero attached hydrogens (tertiary/aromatic N) is 7. The van der Waals surface area contributed by atoms with E-state index in [1.54, 1.807) is 28.8 Å². The molecule has 2 aliphatic heterocycles. The van der Waals surface area contributed by atoms with Crippen LogP contribution in [0.1, 0.15) is 35.1 Å². The summed E-state index contributed by atoms with van der Waals surface area (Å²) >= 11 is 6.33. The zero-order chi connectivity index (χ0) is 23.4. The lowest BCUT2D eigenvalue weighted by Crippen LogP contribution is -2.40. The van der Waals surface area contributed by atoms with Gasteiger partial charge in [-0.3, -0.25) is 14.2 Å². The third kappa shape index (κ3) is 3.06. The van der Waals surface area contributed by atoms with Crippen molar-refractivity contribution < 1.29 is 4.79 Å². The molecule has 34 heavy (non-hydrogen) atoms. The molecular weight excluding hydrogens is 456 g/mol. The van der Waals surface area contributed by atoms with E-state index in [9.17, 15) is 9.59 Å². The molecule has 0 unspecified atom stereocenters. The van der Waals surface area contributed by atoms with E-state index in [0.717, 1.165) is 12.8 Å². The average Bonchev–Trinajstić information content (AvgIpc) is 3.48. The molecule has 11 heteroatoms. The summed E-state index contributed by atoms with van der Waals surface area (Å²) in [5, 5.41) is 8.36. The molecule has 0 spiro atoms. The van der Waals surface area contributed by atoms with Crippen molar-refractivity contribution in [3.8, 4) is 5.69 Å². The summed E-state index contributed by atoms with van der Waals surface area (Å²) in [7, 11) is 1.73. The van der Waals surface area contributed by atoms with Crippen molar-refractivity contribution in [2.75, 3.05) is 30.5 Å². The first-order valence-corrected chi connectivity index (χ1v) is 11.4. The van der Waals surface area contributed by atoms with E-state index < -0.39 is 0 Å². The van der Waals surface area contributed by atoms with Crippen LogP contribution in [0.5, 0.6) is 0 Å². The lowest BCUT2D eigenvalue weighted by molar-refractivity contribution is 0.0796. The number of rotatable bonds is 3. The van der Waals surface area contributed by atoms with Crippen molar-refractivity contribution in [1.82, 2.24) is 29.0 Å². The number of nitrogens with one attached hydrogen (secondary N) is 1. The van der Waals surface area contributed by atoms with E-state index in [-0.39, 0.29) is 17.5 Å². The number of hydrogen-bond acceptors (Lipinski definition) is 7. The van der Waals surface area contributed by atoms with Gasteiger partial charge in [0, 0.05) is 19.8 Å². The van der Waals surface area contributed by atoms with E-state index >= 15 is 0 Å². The van der Waals surface area contributed by atoms with Gasteiger partial charge in [-0.15, -0.1) is 0 Å². The van der Waals surface area contributed by atoms with E-state index in [1.165, 1.54) is 10.8 Å². The largest absolute Gasteiger partial charge is 0.352 e. The Labute approximate surface area is 199 Å². The first-order chi connectivity index (χ1) is 16.5. The fourth-order valence-corrected chi connectivity index (χ4v) is 4.98. The van der Waals surface area contributed by atoms with Crippen molar-refractivity contribution in [3.05, 3.63) is 75.7 Å². The zero-order valence-electron chi connectivity index (χ0n) is 18.3. The second-order valence-electron chi connectivity index (χ2n) is 8.40. The van der Waals surface area contributed by atoms with E-state index in [4.69, 9.17) is 16.7 Å². The Hall–Kier alpha value is -3.92. The van der Waals surface area contributed by atoms with Gasteiger partial charge in [0.25, 0.3) is 11.5 Å². The van der Waals surface area contributed by atoms with E-state index in [1.807, 2.05) is 30.3 Å². The fraction of sp³-hybridized carbons (Fsp3) is 0.261. The summed E-state index contributed by atoms with van der Waals surface area (Å²) < 4.78 is 3.15. The molecule has 0 bridgehead atoms. The van der Waals surface area contributed by atoms with Gasteiger partial charge in [-0.2, -0.15) is 5.10 Å². The number of carbonyl (C=O) groups is 1. The highest BCUT2D eigenvalue weighted by Crippen LogP contribution is 2.38. The van der Waals surface area contributed by atoms with E-state index in [2.05, 4.69) is 20.2 Å². The topological polar surface area (TPSA) is 101 Å². The predicted octanol–water partition coefficient (Wildman–Crippen LogP) is 2.73. The monoisotopic (exact) mass is 476 g/mol. The van der Waals surface area contributed by atoms with Gasteiger partial charge < -0.3 is 15.1 Å². The van der Waals surface area contributed by atoms with Crippen LogP contribution < -0.4 is 15.8 Å². The summed E-state index contributed by atoms with van der Waals surface area (Å²) in [6.07, 6.45) is 4.75. The molecule has 3 aromatic heterocycles. The van der Waals surface area contributed by atoms with Crippen LogP contribution in [0.3, 0.4) is 0 Å². The number of anilines is 2. The van der Waals surface area contributed by atoms with Gasteiger partial charge in [0.15, 0.2) is 5.82 Å². The van der Waals surface area contributed by atoms with E-state index in [0.29, 0.717) is 52.5 Å². The number of carbonyl (C=O) groups excluding carboxylic acids is 1. The molecule has 1 amide bonds. The normalized spacial score (nSPS) is 17.8. The lowest BCUT2D eigenvalue weighted by atomic mass is 10.1. The first kappa shape index (κ1) is 20.7. The minimum Gasteiger partial charge on any atom is -0.352 e. The highest BCUT2D eigenvalue weighted by molar-refractivity contribution is 6.33. The first-order valence-electron chi connectivity index (χ1n) is 11.0. The smallest absolute Gasteiger partial charge is 0.284 e. The molecule has 0 radical (unpaired) electrons. The van der Waals surface area contributed by atoms with Crippen LogP contribution in [0.15, 0.2) is 53.7 Å². The van der Waals surface area contributed by atoms with Gasteiger partial charge in [0.2, 0.25) is 0 Å². The molecule has 5 heterocycles. The molecule has 10 nitrogen and oxygen atoms in total. The molecule has 1 aromatic carbocycles. The highest BCUT2D eigenvalue weighted by atomic mass is 35.5. The van der Waals surface area contributed by atoms with Crippen molar-refractivity contribution in [2.24, 2.45) is 0 Å². The molecule has 1 atom stereocenters. The van der Waals surface area contributed by atoms with Gasteiger partial charge in [0.05, 0.1) is 23.4 Å². The van der Waals surface area contributed by atoms with Gasteiger partial charge in [0.1, 0.15) is 29.0 Å². The molecule has 1 saturated heterocycles. The van der Waals surface area contributed by atoms with Gasteiger partial charge in [-0.1, -0.05) is 29.8 Å². The number of benzene rings is 1. The van der Waals surface area contributed by atoms with Crippen LogP contribution in [-0.2, 0) is 0 Å². The molecular formula is C23H21ClN8O2. The Kier molecular flexibility index (Phi) is 4.77. The fourth-order valence-electron chi connectivity index (χ4n) is 4.76. The Bertz CT molecular complexity index is 1480. The summed E-state index contributed by atoms with van der Waals surface area (Å²) in [5.74, 6) is 1.47. The van der Waals surface area contributed by atoms with Gasteiger partial charge in [-0.25, -0.2) is 14.5 Å². The number of para-hydroxylation sites is 1. The van der Waals surface area contributed by atoms with Crippen LogP contribution in [0.4, 0.5) is 11.6 Å². The molecule has 1 N–H and O–H groups in total. The SMILES string of the molecule is CN1CNc2ncnc(N3CCC[C@H]3c3nn4ccc(Cl)c4c(=O)n3-c3ccccc3)c2C1=O. The summed E-state index contributed by atoms with van der Waals surface area (Å²) in [6, 6.07) is 10.8. The Morgan fingerprint density at radius 1 is 1.12 bits per heavy atom. The average molecular weight is 477 g/mol. The third-order valence-corrected chi connectivity index (χ3v) is 6.68. The second kappa shape index (κ2) is 7.84. The highest BCUT2D eigenvalue weighted by Gasteiger charge is 2.37. The van der Waals surface area contributed by atoms with Gasteiger partial charge >= 0.3 is 0 Å². The number of fused-ring (bicyclic) bond motifs is 2. The summed E-state index contributed by atoms with van der Waals surface area (Å²) in [6.45, 7) is 1.05. The minimum absolute atomic E-state index is 0.143. The molecule has 6 rings (SSSR count). The lowest BCUT2D eigenvalue weighted by Gasteiger charge is -2.32. The van der Waals surface area contributed by atoms with Crippen LogP contribution in [0.25, 0.3) is 11.2 Å². The number of hydrogen-bond donors (Lipinski definition) is 1. The predicted molar refractivity (Wildman–Crippen MR) is 128 cm³/mol. The number of halogens is 1. The van der Waals surface area contributed by atoms with Crippen molar-refractivity contribution in [3.63, 3.8) is 0 Å². The second-order valence-corrected chi connectivity index (χ2v) is 8.81. The molecule has 2 aliphatic rings. The molecule has 0 aliphatic carbocycles. The maximum absolute atomic E-state index is 13.7.